The largest absolute Gasteiger partial charge is 0.497 e. The fourth-order valence-electron chi connectivity index (χ4n) is 3.28. The first-order valence-electron chi connectivity index (χ1n) is 9.64. The second-order valence-corrected chi connectivity index (χ2v) is 8.36. The standard InChI is InChI=1S/C22H25BrN2O5/c1-22(11-10-15-6-8-18(29-2)9-7-15)20(27)25(21(28)24-22)13-17(26)14-30-19-5-3-4-16(23)12-19/h3-9,12,17,26H,10-11,13-14H2,1-2H3,(H,24,28)/t17-,22+/m1/s1. The highest BCUT2D eigenvalue weighted by molar-refractivity contribution is 9.10. The Bertz CT molecular complexity index is 905. The zero-order valence-corrected chi connectivity index (χ0v) is 18.5. The van der Waals surface area contributed by atoms with Gasteiger partial charge in [-0.2, -0.15) is 0 Å². The molecule has 8 heteroatoms. The van der Waals surface area contributed by atoms with Gasteiger partial charge in [0.2, 0.25) is 0 Å². The number of urea groups is 1. The summed E-state index contributed by atoms with van der Waals surface area (Å²) in [5.41, 5.74) is 0.0296. The van der Waals surface area contributed by atoms with E-state index in [2.05, 4.69) is 21.2 Å². The number of benzene rings is 2. The Hall–Kier alpha value is -2.58. The van der Waals surface area contributed by atoms with Crippen LogP contribution in [0.5, 0.6) is 11.5 Å². The molecule has 3 rings (SSSR count). The molecule has 0 aliphatic carbocycles. The molecule has 1 aliphatic heterocycles. The summed E-state index contributed by atoms with van der Waals surface area (Å²) in [4.78, 5) is 26.3. The summed E-state index contributed by atoms with van der Waals surface area (Å²) < 4.78 is 11.6. The van der Waals surface area contributed by atoms with Gasteiger partial charge in [0.05, 0.1) is 13.7 Å². The lowest BCUT2D eigenvalue weighted by atomic mass is 9.93. The number of β-amino-alcohol motifs (C(OH)–C–C–N with tert-alkyl or cyclic N) is 1. The first-order valence-corrected chi connectivity index (χ1v) is 10.4. The van der Waals surface area contributed by atoms with Gasteiger partial charge in [0, 0.05) is 4.47 Å². The van der Waals surface area contributed by atoms with Gasteiger partial charge in [0.25, 0.3) is 5.91 Å². The molecule has 0 bridgehead atoms. The number of carbonyl (C=O) groups excluding carboxylic acids is 2. The lowest BCUT2D eigenvalue weighted by Crippen LogP contribution is -2.45. The predicted octanol–water partition coefficient (Wildman–Crippen LogP) is 3.14. The van der Waals surface area contributed by atoms with Gasteiger partial charge in [0.15, 0.2) is 0 Å². The van der Waals surface area contributed by atoms with Crippen molar-refractivity contribution >= 4 is 27.9 Å². The quantitative estimate of drug-likeness (QED) is 0.542. The van der Waals surface area contributed by atoms with E-state index in [1.165, 1.54) is 0 Å². The molecule has 1 heterocycles. The number of nitrogens with one attached hydrogen (secondary N) is 1. The van der Waals surface area contributed by atoms with E-state index in [4.69, 9.17) is 9.47 Å². The number of carbonyl (C=O) groups is 2. The number of amides is 3. The van der Waals surface area contributed by atoms with Crippen LogP contribution in [0.3, 0.4) is 0 Å². The Morgan fingerprint density at radius 1 is 1.17 bits per heavy atom. The van der Waals surface area contributed by atoms with Crippen LogP contribution in [-0.2, 0) is 11.2 Å². The molecule has 1 saturated heterocycles. The van der Waals surface area contributed by atoms with Gasteiger partial charge in [-0.25, -0.2) is 4.79 Å². The van der Waals surface area contributed by atoms with Gasteiger partial charge in [-0.1, -0.05) is 34.1 Å². The Labute approximate surface area is 184 Å². The molecular weight excluding hydrogens is 452 g/mol. The first-order chi connectivity index (χ1) is 14.3. The highest BCUT2D eigenvalue weighted by atomic mass is 79.9. The molecule has 0 aromatic heterocycles. The van der Waals surface area contributed by atoms with Crippen LogP contribution in [0.4, 0.5) is 4.79 Å². The van der Waals surface area contributed by atoms with Gasteiger partial charge < -0.3 is 19.9 Å². The van der Waals surface area contributed by atoms with Crippen LogP contribution in [0.25, 0.3) is 0 Å². The minimum Gasteiger partial charge on any atom is -0.497 e. The third-order valence-corrected chi connectivity index (χ3v) is 5.54. The average molecular weight is 477 g/mol. The van der Waals surface area contributed by atoms with Crippen LogP contribution < -0.4 is 14.8 Å². The number of aliphatic hydroxyl groups excluding tert-OH is 1. The van der Waals surface area contributed by atoms with Crippen LogP contribution in [-0.4, -0.2) is 53.8 Å². The number of aryl methyl sites for hydroxylation is 1. The van der Waals surface area contributed by atoms with E-state index in [-0.39, 0.29) is 19.1 Å². The molecule has 160 valence electrons. The molecule has 3 amide bonds. The monoisotopic (exact) mass is 476 g/mol. The Morgan fingerprint density at radius 2 is 1.90 bits per heavy atom. The zero-order chi connectivity index (χ0) is 21.7. The van der Waals surface area contributed by atoms with E-state index < -0.39 is 17.7 Å². The van der Waals surface area contributed by atoms with Crippen molar-refractivity contribution in [2.24, 2.45) is 0 Å². The molecule has 2 atom stereocenters. The minimum absolute atomic E-state index is 0.0317. The van der Waals surface area contributed by atoms with Crippen molar-refractivity contribution in [3.63, 3.8) is 0 Å². The van der Waals surface area contributed by atoms with Crippen molar-refractivity contribution in [1.29, 1.82) is 0 Å². The summed E-state index contributed by atoms with van der Waals surface area (Å²) >= 11 is 3.35. The number of aliphatic hydroxyl groups is 1. The number of halogens is 1. The summed E-state index contributed by atoms with van der Waals surface area (Å²) in [5.74, 6) is 1.01. The highest BCUT2D eigenvalue weighted by Gasteiger charge is 2.47. The maximum atomic E-state index is 12.9. The fourth-order valence-corrected chi connectivity index (χ4v) is 3.66. The summed E-state index contributed by atoms with van der Waals surface area (Å²) in [6.07, 6.45) is 0.0718. The van der Waals surface area contributed by atoms with Crippen molar-refractivity contribution in [3.8, 4) is 11.5 Å². The third-order valence-electron chi connectivity index (χ3n) is 5.05. The van der Waals surface area contributed by atoms with Gasteiger partial charge in [-0.3, -0.25) is 9.69 Å². The fraction of sp³-hybridized carbons (Fsp3) is 0.364. The number of ether oxygens (including phenoxy) is 2. The second kappa shape index (κ2) is 9.49. The molecule has 0 spiro atoms. The molecular formula is C22H25BrN2O5. The van der Waals surface area contributed by atoms with Crippen molar-refractivity contribution in [3.05, 3.63) is 58.6 Å². The SMILES string of the molecule is COc1ccc(CC[C@]2(C)NC(=O)N(C[C@@H](O)COc3cccc(Br)c3)C2=O)cc1. The number of hydrogen-bond acceptors (Lipinski definition) is 5. The average Bonchev–Trinajstić information content (AvgIpc) is 2.94. The van der Waals surface area contributed by atoms with Crippen LogP contribution in [0.15, 0.2) is 53.0 Å². The number of methoxy groups -OCH3 is 1. The molecule has 0 saturated carbocycles. The van der Waals surface area contributed by atoms with E-state index in [1.54, 1.807) is 26.2 Å². The van der Waals surface area contributed by atoms with E-state index in [0.29, 0.717) is 18.6 Å². The highest BCUT2D eigenvalue weighted by Crippen LogP contribution is 2.24. The summed E-state index contributed by atoms with van der Waals surface area (Å²) in [6.45, 7) is 1.55. The molecule has 30 heavy (non-hydrogen) atoms. The van der Waals surface area contributed by atoms with E-state index in [0.717, 1.165) is 20.7 Å². The summed E-state index contributed by atoms with van der Waals surface area (Å²) in [5, 5.41) is 13.0. The van der Waals surface area contributed by atoms with Crippen LogP contribution in [0.1, 0.15) is 18.9 Å². The number of nitrogens with zero attached hydrogens (tertiary/aromatic N) is 1. The number of hydrogen-bond donors (Lipinski definition) is 2. The Balaban J connectivity index is 1.54. The normalized spacial score (nSPS) is 19.5. The lowest BCUT2D eigenvalue weighted by Gasteiger charge is -2.22. The van der Waals surface area contributed by atoms with E-state index in [9.17, 15) is 14.7 Å². The van der Waals surface area contributed by atoms with E-state index >= 15 is 0 Å². The topological polar surface area (TPSA) is 88.1 Å². The van der Waals surface area contributed by atoms with Gasteiger partial charge >= 0.3 is 6.03 Å². The molecule has 1 aliphatic rings. The Morgan fingerprint density at radius 3 is 2.57 bits per heavy atom. The van der Waals surface area contributed by atoms with Gasteiger partial charge in [0.1, 0.15) is 29.7 Å². The molecule has 2 aromatic carbocycles. The summed E-state index contributed by atoms with van der Waals surface area (Å²) in [7, 11) is 1.61. The zero-order valence-electron chi connectivity index (χ0n) is 16.9. The first kappa shape index (κ1) is 22.1. The molecule has 0 unspecified atom stereocenters. The van der Waals surface area contributed by atoms with E-state index in [1.807, 2.05) is 36.4 Å². The van der Waals surface area contributed by atoms with Crippen molar-refractivity contribution in [2.75, 3.05) is 20.3 Å². The van der Waals surface area contributed by atoms with Crippen molar-refractivity contribution in [1.82, 2.24) is 10.2 Å². The van der Waals surface area contributed by atoms with Gasteiger partial charge in [-0.15, -0.1) is 0 Å². The molecule has 1 fully saturated rings. The molecule has 0 radical (unpaired) electrons. The minimum atomic E-state index is -1.01. The van der Waals surface area contributed by atoms with Crippen LogP contribution >= 0.6 is 15.9 Å². The predicted molar refractivity (Wildman–Crippen MR) is 116 cm³/mol. The molecule has 7 nitrogen and oxygen atoms in total. The maximum Gasteiger partial charge on any atom is 0.325 e. The molecule has 2 N–H and O–H groups in total. The summed E-state index contributed by atoms with van der Waals surface area (Å²) in [6, 6.07) is 14.3. The van der Waals surface area contributed by atoms with Crippen molar-refractivity contribution in [2.45, 2.75) is 31.4 Å². The smallest absolute Gasteiger partial charge is 0.325 e. The number of imide groups is 1. The van der Waals surface area contributed by atoms with Gasteiger partial charge in [-0.05, 0) is 55.7 Å². The number of rotatable bonds is 9. The molecule has 2 aromatic rings. The lowest BCUT2D eigenvalue weighted by molar-refractivity contribution is -0.132. The van der Waals surface area contributed by atoms with Crippen LogP contribution in [0, 0.1) is 0 Å². The second-order valence-electron chi connectivity index (χ2n) is 7.45. The van der Waals surface area contributed by atoms with Crippen LogP contribution in [0.2, 0.25) is 0 Å². The third kappa shape index (κ3) is 5.31. The van der Waals surface area contributed by atoms with Crippen molar-refractivity contribution < 1.29 is 24.2 Å². The maximum absolute atomic E-state index is 12.9. The Kier molecular flexibility index (Phi) is 6.99.